The summed E-state index contributed by atoms with van der Waals surface area (Å²) in [5.41, 5.74) is 0.316. The third-order valence-corrected chi connectivity index (χ3v) is 1.46. The first-order valence-electron chi connectivity index (χ1n) is 3.64. The van der Waals surface area contributed by atoms with Crippen molar-refractivity contribution in [2.75, 3.05) is 13.2 Å². The summed E-state index contributed by atoms with van der Waals surface area (Å²) in [7, 11) is -2.80. The van der Waals surface area contributed by atoms with Gasteiger partial charge in [-0.2, -0.15) is 0 Å². The molecule has 0 unspecified atom stereocenters. The van der Waals surface area contributed by atoms with Crippen molar-refractivity contribution in [1.29, 1.82) is 0 Å². The second-order valence-corrected chi connectivity index (χ2v) is 3.03. The molecular weight excluding hydrogens is 195 g/mol. The lowest BCUT2D eigenvalue weighted by Gasteiger charge is -2.01. The first-order chi connectivity index (χ1) is 6.04. The van der Waals surface area contributed by atoms with Gasteiger partial charge in [-0.15, -0.1) is 0 Å². The molecule has 5 nitrogen and oxygen atoms in total. The quantitative estimate of drug-likeness (QED) is 0.285. The smallest absolute Gasteiger partial charge is 0.462 e. The Bertz CT molecular complexity index is 248. The van der Waals surface area contributed by atoms with Gasteiger partial charge in [-0.25, -0.2) is 13.9 Å². The van der Waals surface area contributed by atoms with Crippen molar-refractivity contribution in [3.63, 3.8) is 0 Å². The van der Waals surface area contributed by atoms with Gasteiger partial charge in [0.15, 0.2) is 0 Å². The Morgan fingerprint density at radius 1 is 1.38 bits per heavy atom. The van der Waals surface area contributed by atoms with E-state index in [0.29, 0.717) is 12.0 Å². The molecule has 0 saturated heterocycles. The first kappa shape index (κ1) is 12.1. The molecule has 0 fully saturated rings. The van der Waals surface area contributed by atoms with Gasteiger partial charge < -0.3 is 4.74 Å². The van der Waals surface area contributed by atoms with Crippen LogP contribution in [0.3, 0.4) is 0 Å². The third-order valence-electron chi connectivity index (χ3n) is 1.07. The van der Waals surface area contributed by atoms with E-state index in [2.05, 4.69) is 15.8 Å². The first-order valence-corrected chi connectivity index (χ1v) is 4.73. The summed E-state index contributed by atoms with van der Waals surface area (Å²) in [6, 6.07) is 0. The summed E-state index contributed by atoms with van der Waals surface area (Å²) < 4.78 is 28.7. The van der Waals surface area contributed by atoms with E-state index < -0.39 is 13.9 Å². The Kier molecular flexibility index (Phi) is 6.10. The highest BCUT2D eigenvalue weighted by molar-refractivity contribution is 7.24. The molecule has 0 aromatic heterocycles. The van der Waals surface area contributed by atoms with E-state index in [4.69, 9.17) is 0 Å². The van der Waals surface area contributed by atoms with Gasteiger partial charge in [0, 0.05) is 12.0 Å². The molecule has 74 valence electrons. The minimum atomic E-state index is -2.80. The summed E-state index contributed by atoms with van der Waals surface area (Å²) in [5, 5.41) is 0. The van der Waals surface area contributed by atoms with Gasteiger partial charge in [-0.05, 0) is 6.92 Å². The van der Waals surface area contributed by atoms with Crippen molar-refractivity contribution in [3.05, 3.63) is 12.2 Å². The lowest BCUT2D eigenvalue weighted by molar-refractivity contribution is -0.139. The molecule has 0 N–H and O–H groups in total. The van der Waals surface area contributed by atoms with Gasteiger partial charge in [0.2, 0.25) is 0 Å². The molecule has 0 amide bonds. The van der Waals surface area contributed by atoms with Gasteiger partial charge in [-0.3, -0.25) is 4.52 Å². The lowest BCUT2D eigenvalue weighted by Crippen LogP contribution is -2.07. The molecule has 0 rings (SSSR count). The maximum absolute atomic E-state index is 10.8. The minimum absolute atomic E-state index is 0.0299. The molecule has 0 spiro atoms. The Balaban J connectivity index is 3.36. The Morgan fingerprint density at radius 2 is 2.00 bits per heavy atom. The van der Waals surface area contributed by atoms with Crippen molar-refractivity contribution in [1.82, 2.24) is 0 Å². The van der Waals surface area contributed by atoms with Crippen LogP contribution in [0.4, 0.5) is 0 Å². The zero-order valence-corrected chi connectivity index (χ0v) is 8.21. The fraction of sp³-hybridized carbons (Fsp3) is 0.571. The average Bonchev–Trinajstić information content (AvgIpc) is 2.02. The lowest BCUT2D eigenvalue weighted by atomic mass is 10.4. The molecule has 0 saturated carbocycles. The third kappa shape index (κ3) is 7.43. The Hall–Kier alpha value is -0.930. The van der Waals surface area contributed by atoms with E-state index in [1.165, 1.54) is 6.92 Å². The van der Waals surface area contributed by atoms with E-state index >= 15 is 0 Å². The van der Waals surface area contributed by atoms with Crippen LogP contribution in [-0.2, 0) is 23.2 Å². The zero-order chi connectivity index (χ0) is 10.3. The monoisotopic (exact) mass is 206 g/mol. The van der Waals surface area contributed by atoms with Crippen molar-refractivity contribution in [2.24, 2.45) is 0 Å². The predicted octanol–water partition coefficient (Wildman–Crippen LogP) is 1.60. The van der Waals surface area contributed by atoms with E-state index in [1.54, 1.807) is 0 Å². The molecule has 0 atom stereocenters. The minimum Gasteiger partial charge on any atom is -0.462 e. The number of rotatable bonds is 6. The summed E-state index contributed by atoms with van der Waals surface area (Å²) in [6.45, 7) is 5.08. The van der Waals surface area contributed by atoms with Crippen LogP contribution in [0.15, 0.2) is 12.2 Å². The van der Waals surface area contributed by atoms with E-state index in [-0.39, 0.29) is 13.2 Å². The number of hydrogen-bond donors (Lipinski definition) is 0. The predicted molar refractivity (Wildman–Crippen MR) is 44.6 cm³/mol. The fourth-order valence-electron chi connectivity index (χ4n) is 0.486. The highest BCUT2D eigenvalue weighted by Crippen LogP contribution is 2.04. The molecule has 0 aliphatic rings. The van der Waals surface area contributed by atoms with Crippen LogP contribution in [0.2, 0.25) is 0 Å². The Labute approximate surface area is 76.6 Å². The van der Waals surface area contributed by atoms with Crippen molar-refractivity contribution in [2.45, 2.75) is 13.3 Å². The van der Waals surface area contributed by atoms with Crippen molar-refractivity contribution in [3.8, 4) is 0 Å². The molecule has 13 heavy (non-hydrogen) atoms. The van der Waals surface area contributed by atoms with Gasteiger partial charge in [0.05, 0.1) is 13.2 Å². The maximum Gasteiger partial charge on any atom is 0.468 e. The van der Waals surface area contributed by atoms with Crippen molar-refractivity contribution >= 4 is 13.9 Å². The highest BCUT2D eigenvalue weighted by Gasteiger charge is 2.01. The second-order valence-electron chi connectivity index (χ2n) is 2.33. The molecular formula is C7H11O5P. The standard InChI is InChI=1S/C7H11O5P/c1-6(2)7(8)11-4-3-5-12-13(9)10/h1,3-5H2,2H3. The van der Waals surface area contributed by atoms with Crippen LogP contribution >= 0.6 is 7.91 Å². The molecule has 0 bridgehead atoms. The summed E-state index contributed by atoms with van der Waals surface area (Å²) >= 11 is 0. The average molecular weight is 206 g/mol. The largest absolute Gasteiger partial charge is 0.468 e. The number of esters is 1. The summed E-state index contributed by atoms with van der Waals surface area (Å²) in [6.07, 6.45) is 0.350. The molecule has 0 aliphatic heterocycles. The van der Waals surface area contributed by atoms with Gasteiger partial charge >= 0.3 is 13.9 Å². The van der Waals surface area contributed by atoms with Crippen molar-refractivity contribution < 1.29 is 23.2 Å². The number of carbonyl (C=O) groups is 1. The maximum atomic E-state index is 10.8. The van der Waals surface area contributed by atoms with Gasteiger partial charge in [0.1, 0.15) is 0 Å². The number of hydrogen-bond acceptors (Lipinski definition) is 5. The molecule has 0 aromatic rings. The van der Waals surface area contributed by atoms with Crippen LogP contribution in [0.1, 0.15) is 13.3 Å². The van der Waals surface area contributed by atoms with Gasteiger partial charge in [0.25, 0.3) is 0 Å². The summed E-state index contributed by atoms with van der Waals surface area (Å²) in [4.78, 5) is 10.8. The molecule has 0 radical (unpaired) electrons. The molecule has 0 aliphatic carbocycles. The number of carbonyl (C=O) groups excluding carboxylic acids is 1. The zero-order valence-electron chi connectivity index (χ0n) is 7.32. The summed E-state index contributed by atoms with van der Waals surface area (Å²) in [5.74, 6) is -0.480. The van der Waals surface area contributed by atoms with Crippen LogP contribution in [0, 0.1) is 0 Å². The van der Waals surface area contributed by atoms with E-state index in [0.717, 1.165) is 0 Å². The Morgan fingerprint density at radius 3 is 2.46 bits per heavy atom. The van der Waals surface area contributed by atoms with Crippen LogP contribution < -0.4 is 0 Å². The van der Waals surface area contributed by atoms with Crippen LogP contribution in [-0.4, -0.2) is 19.2 Å². The van der Waals surface area contributed by atoms with E-state index in [1.807, 2.05) is 0 Å². The van der Waals surface area contributed by atoms with E-state index in [9.17, 15) is 13.9 Å². The topological polar surface area (TPSA) is 69.7 Å². The fourth-order valence-corrected chi connectivity index (χ4v) is 0.764. The van der Waals surface area contributed by atoms with Crippen LogP contribution in [0.25, 0.3) is 0 Å². The SMILES string of the molecule is C=C(C)C(=O)OCCCOP(=O)=O. The molecule has 0 aromatic carbocycles. The molecule has 0 heterocycles. The molecule has 6 heteroatoms. The van der Waals surface area contributed by atoms with Gasteiger partial charge in [-0.1, -0.05) is 6.58 Å². The van der Waals surface area contributed by atoms with Crippen LogP contribution in [0.5, 0.6) is 0 Å². The highest BCUT2D eigenvalue weighted by atomic mass is 31.1. The second kappa shape index (κ2) is 6.57. The normalized spacial score (nSPS) is 9.31. The number of ether oxygens (including phenoxy) is 1.